The van der Waals surface area contributed by atoms with Gasteiger partial charge in [0.25, 0.3) is 0 Å². The van der Waals surface area contributed by atoms with Crippen LogP contribution in [-0.2, 0) is 36.7 Å². The summed E-state index contributed by atoms with van der Waals surface area (Å²) < 4.78 is 0. The predicted octanol–water partition coefficient (Wildman–Crippen LogP) is 11.4. The summed E-state index contributed by atoms with van der Waals surface area (Å²) in [6.07, 6.45) is 0. The molecule has 0 saturated heterocycles. The van der Waals surface area contributed by atoms with E-state index in [2.05, 4.69) is 97.9 Å². The average molecular weight is 703 g/mol. The largest absolute Gasteiger partial charge is 4.00 e. The van der Waals surface area contributed by atoms with Crippen molar-refractivity contribution in [2.24, 2.45) is 0 Å². The third-order valence-electron chi connectivity index (χ3n) is 6.68. The molecule has 0 radical (unpaired) electrons. The first kappa shape index (κ1) is 33.9. The van der Waals surface area contributed by atoms with Crippen molar-refractivity contribution in [2.45, 2.75) is 52.4 Å². The molecule has 208 valence electrons. The van der Waals surface area contributed by atoms with Crippen LogP contribution in [0, 0.1) is 13.8 Å². The second-order valence-corrected chi connectivity index (χ2v) is 12.2. The van der Waals surface area contributed by atoms with Crippen molar-refractivity contribution in [1.29, 1.82) is 0 Å². The van der Waals surface area contributed by atoms with Crippen molar-refractivity contribution < 1.29 is 25.8 Å². The molecule has 0 aromatic heterocycles. The second kappa shape index (κ2) is 15.6. The average Bonchev–Trinajstić information content (AvgIpc) is 3.60. The molecule has 6 rings (SSSR count). The third kappa shape index (κ3) is 10.9. The van der Waals surface area contributed by atoms with Gasteiger partial charge in [-0.3, -0.25) is 0 Å². The van der Waals surface area contributed by atoms with Crippen LogP contribution in [0.15, 0.2) is 133 Å². The SMILES string of the molecule is CC(C)(C)c1ccc2c(c1)[cH-]c1cc(C(C)(C)C)ccc12.[CH2-]c1ccccc1.[CH2-]c1ccccc1.[Hf+4].c1cc[cH-]c1. The van der Waals surface area contributed by atoms with Gasteiger partial charge in [0.1, 0.15) is 0 Å². The fraction of sp³-hybridized carbons (Fsp3) is 0.200. The Balaban J connectivity index is 0.000000238. The van der Waals surface area contributed by atoms with E-state index in [1.807, 2.05) is 91.0 Å². The van der Waals surface area contributed by atoms with Gasteiger partial charge in [0.15, 0.2) is 0 Å². The van der Waals surface area contributed by atoms with Gasteiger partial charge in [-0.15, -0.1) is 64.0 Å². The maximum absolute atomic E-state index is 3.72. The summed E-state index contributed by atoms with van der Waals surface area (Å²) in [6.45, 7) is 21.1. The molecular formula is C40H44Hf. The van der Waals surface area contributed by atoms with Crippen LogP contribution in [0.3, 0.4) is 0 Å². The molecule has 0 fully saturated rings. The van der Waals surface area contributed by atoms with Crippen LogP contribution in [0.4, 0.5) is 0 Å². The van der Waals surface area contributed by atoms with Crippen molar-refractivity contribution in [1.82, 2.24) is 0 Å². The summed E-state index contributed by atoms with van der Waals surface area (Å²) in [5.41, 5.74) is 5.36. The van der Waals surface area contributed by atoms with Gasteiger partial charge in [-0.05, 0) is 10.8 Å². The molecule has 0 spiro atoms. The van der Waals surface area contributed by atoms with Gasteiger partial charge >= 0.3 is 25.8 Å². The molecule has 41 heavy (non-hydrogen) atoms. The van der Waals surface area contributed by atoms with E-state index in [1.165, 1.54) is 32.7 Å². The van der Waals surface area contributed by atoms with Crippen LogP contribution in [0.25, 0.3) is 21.5 Å². The van der Waals surface area contributed by atoms with E-state index < -0.39 is 0 Å². The van der Waals surface area contributed by atoms with E-state index in [1.54, 1.807) is 0 Å². The Bertz CT molecular complexity index is 1420. The maximum Gasteiger partial charge on any atom is 4.00 e. The Morgan fingerprint density at radius 2 is 0.854 bits per heavy atom. The molecule has 0 amide bonds. The van der Waals surface area contributed by atoms with Gasteiger partial charge < -0.3 is 0 Å². The molecule has 0 nitrogen and oxygen atoms in total. The molecule has 6 aromatic rings. The third-order valence-corrected chi connectivity index (χ3v) is 6.68. The number of hydrogen-bond donors (Lipinski definition) is 0. The van der Waals surface area contributed by atoms with E-state index in [-0.39, 0.29) is 36.7 Å². The van der Waals surface area contributed by atoms with E-state index in [0.717, 1.165) is 11.1 Å². The minimum atomic E-state index is 0. The molecule has 0 aliphatic heterocycles. The van der Waals surface area contributed by atoms with Gasteiger partial charge in [-0.2, -0.15) is 67.4 Å². The Labute approximate surface area is 268 Å². The van der Waals surface area contributed by atoms with Crippen LogP contribution in [0.1, 0.15) is 63.8 Å². The fourth-order valence-corrected chi connectivity index (χ4v) is 4.23. The predicted molar refractivity (Wildman–Crippen MR) is 178 cm³/mol. The zero-order valence-corrected chi connectivity index (χ0v) is 29.2. The van der Waals surface area contributed by atoms with Crippen LogP contribution in [0.5, 0.6) is 0 Å². The fourth-order valence-electron chi connectivity index (χ4n) is 4.23. The normalized spacial score (nSPS) is 10.7. The van der Waals surface area contributed by atoms with Crippen molar-refractivity contribution in [2.75, 3.05) is 0 Å². The standard InChI is InChI=1S/C21H25.2C7H7.C5H5.Hf/c1-20(2,3)16-7-9-18-14(12-16)11-15-13-17(21(4,5)6)8-10-19(15)18;2*1-7-5-3-2-4-6-7;1-2-4-5-3-1;/h7-13H,1-6H3;2*2-6H,1H2;1-5H;/q4*-1;+4. The molecule has 6 aromatic carbocycles. The van der Waals surface area contributed by atoms with Crippen molar-refractivity contribution >= 4 is 21.5 Å². The molecule has 0 bridgehead atoms. The van der Waals surface area contributed by atoms with E-state index in [4.69, 9.17) is 0 Å². The summed E-state index contributed by atoms with van der Waals surface area (Å²) >= 11 is 0. The van der Waals surface area contributed by atoms with Gasteiger partial charge in [-0.25, -0.2) is 12.1 Å². The zero-order valence-electron chi connectivity index (χ0n) is 25.6. The van der Waals surface area contributed by atoms with Gasteiger partial charge in [0.2, 0.25) is 0 Å². The van der Waals surface area contributed by atoms with Crippen LogP contribution in [0.2, 0.25) is 0 Å². The Kier molecular flexibility index (Phi) is 12.9. The summed E-state index contributed by atoms with van der Waals surface area (Å²) in [7, 11) is 0. The molecule has 0 aliphatic carbocycles. The quantitative estimate of drug-likeness (QED) is 0.109. The number of rotatable bonds is 0. The van der Waals surface area contributed by atoms with Crippen molar-refractivity contribution in [3.63, 3.8) is 0 Å². The van der Waals surface area contributed by atoms with E-state index >= 15 is 0 Å². The topological polar surface area (TPSA) is 0 Å². The number of benzene rings is 4. The van der Waals surface area contributed by atoms with Crippen LogP contribution in [-0.4, -0.2) is 0 Å². The first-order chi connectivity index (χ1) is 18.9. The molecule has 0 atom stereocenters. The number of fused-ring (bicyclic) bond motifs is 3. The second-order valence-electron chi connectivity index (χ2n) is 12.2. The molecule has 0 unspecified atom stereocenters. The number of hydrogen-bond acceptors (Lipinski definition) is 0. The summed E-state index contributed by atoms with van der Waals surface area (Å²) in [6, 6.07) is 45.9. The Morgan fingerprint density at radius 3 is 1.10 bits per heavy atom. The van der Waals surface area contributed by atoms with Crippen molar-refractivity contribution in [3.8, 4) is 0 Å². The molecule has 0 saturated carbocycles. The summed E-state index contributed by atoms with van der Waals surface area (Å²) in [5, 5.41) is 5.48. The first-order valence-electron chi connectivity index (χ1n) is 14.0. The van der Waals surface area contributed by atoms with Gasteiger partial charge in [0, 0.05) is 0 Å². The van der Waals surface area contributed by atoms with Gasteiger partial charge in [0.05, 0.1) is 0 Å². The minimum absolute atomic E-state index is 0. The first-order valence-corrected chi connectivity index (χ1v) is 14.0. The molecule has 0 heterocycles. The molecule has 0 aliphatic rings. The molecule has 0 N–H and O–H groups in total. The smallest absolute Gasteiger partial charge is 0.214 e. The van der Waals surface area contributed by atoms with E-state index in [9.17, 15) is 0 Å². The van der Waals surface area contributed by atoms with Crippen molar-refractivity contribution in [3.05, 3.63) is 170 Å². The maximum atomic E-state index is 3.72. The zero-order chi connectivity index (χ0) is 29.2. The summed E-state index contributed by atoms with van der Waals surface area (Å²) in [4.78, 5) is 0. The van der Waals surface area contributed by atoms with Crippen LogP contribution < -0.4 is 0 Å². The Hall–Kier alpha value is -3.29. The molecule has 1 heteroatoms. The van der Waals surface area contributed by atoms with Crippen LogP contribution >= 0.6 is 0 Å². The Morgan fingerprint density at radius 1 is 0.488 bits per heavy atom. The molecular weight excluding hydrogens is 659 g/mol. The monoisotopic (exact) mass is 704 g/mol. The van der Waals surface area contributed by atoms with E-state index in [0.29, 0.717) is 0 Å². The minimum Gasteiger partial charge on any atom is -0.214 e. The van der Waals surface area contributed by atoms with Gasteiger partial charge in [-0.1, -0.05) is 89.1 Å². The summed E-state index contributed by atoms with van der Waals surface area (Å²) in [5.74, 6) is 0.